The van der Waals surface area contributed by atoms with Gasteiger partial charge < -0.3 is 24.4 Å². The lowest BCUT2D eigenvalue weighted by Crippen LogP contribution is -2.45. The lowest BCUT2D eigenvalue weighted by molar-refractivity contribution is -0.126. The second-order valence-electron chi connectivity index (χ2n) is 8.15. The molecule has 0 saturated carbocycles. The fourth-order valence-electron chi connectivity index (χ4n) is 3.19. The maximum absolute atomic E-state index is 12.4. The van der Waals surface area contributed by atoms with E-state index in [1.807, 2.05) is 20.8 Å². The average Bonchev–Trinajstić information content (AvgIpc) is 2.67. The Balaban J connectivity index is 1.77. The van der Waals surface area contributed by atoms with Gasteiger partial charge in [-0.25, -0.2) is 4.79 Å². The molecule has 168 valence electrons. The van der Waals surface area contributed by atoms with Crippen LogP contribution in [0.4, 0.5) is 13.6 Å². The van der Waals surface area contributed by atoms with Gasteiger partial charge in [0.05, 0.1) is 7.11 Å². The zero-order valence-electron chi connectivity index (χ0n) is 17.9. The highest BCUT2D eigenvalue weighted by Gasteiger charge is 2.29. The van der Waals surface area contributed by atoms with Gasteiger partial charge >= 0.3 is 12.7 Å². The summed E-state index contributed by atoms with van der Waals surface area (Å²) in [7, 11) is 1.38. The average molecular weight is 428 g/mol. The number of hydrogen-bond acceptors (Lipinski definition) is 5. The highest BCUT2D eigenvalue weighted by molar-refractivity contribution is 5.79. The molecule has 1 saturated heterocycles. The van der Waals surface area contributed by atoms with Crippen molar-refractivity contribution in [2.45, 2.75) is 52.2 Å². The third kappa shape index (κ3) is 7.35. The summed E-state index contributed by atoms with van der Waals surface area (Å²) in [6.45, 7) is 3.90. The number of likely N-dealkylation sites (tertiary alicyclic amines) is 1. The van der Waals surface area contributed by atoms with Gasteiger partial charge in [-0.15, -0.1) is 0 Å². The molecule has 1 aliphatic rings. The number of carbonyl (C=O) groups is 2. The third-order valence-electron chi connectivity index (χ3n) is 4.67. The van der Waals surface area contributed by atoms with Crippen LogP contribution in [0, 0.1) is 5.92 Å². The van der Waals surface area contributed by atoms with E-state index in [0.717, 1.165) is 5.56 Å². The smallest absolute Gasteiger partial charge is 0.410 e. The van der Waals surface area contributed by atoms with Crippen LogP contribution in [0.1, 0.15) is 39.2 Å². The predicted molar refractivity (Wildman–Crippen MR) is 107 cm³/mol. The number of rotatable bonds is 7. The van der Waals surface area contributed by atoms with Gasteiger partial charge in [-0.1, -0.05) is 6.07 Å². The van der Waals surface area contributed by atoms with E-state index in [-0.39, 0.29) is 29.4 Å². The number of halogens is 2. The highest BCUT2D eigenvalue weighted by Crippen LogP contribution is 2.29. The minimum absolute atomic E-state index is 0.0305. The Labute approximate surface area is 175 Å². The Bertz CT molecular complexity index is 729. The molecular formula is C21H30F2N2O5. The van der Waals surface area contributed by atoms with Gasteiger partial charge in [0.25, 0.3) is 0 Å². The summed E-state index contributed by atoms with van der Waals surface area (Å²) in [5, 5.41) is 2.90. The number of nitrogens with zero attached hydrogens (tertiary/aromatic N) is 1. The van der Waals surface area contributed by atoms with E-state index < -0.39 is 12.2 Å². The Hall–Kier alpha value is -2.58. The Morgan fingerprint density at radius 2 is 1.87 bits per heavy atom. The van der Waals surface area contributed by atoms with Gasteiger partial charge in [0.1, 0.15) is 5.60 Å². The topological polar surface area (TPSA) is 77.1 Å². The van der Waals surface area contributed by atoms with E-state index in [4.69, 9.17) is 9.47 Å². The first-order chi connectivity index (χ1) is 14.1. The summed E-state index contributed by atoms with van der Waals surface area (Å²) >= 11 is 0. The summed E-state index contributed by atoms with van der Waals surface area (Å²) in [5.41, 5.74) is 0.283. The van der Waals surface area contributed by atoms with Crippen LogP contribution in [0.2, 0.25) is 0 Å². The molecule has 1 aromatic rings. The van der Waals surface area contributed by atoms with Gasteiger partial charge in [0.15, 0.2) is 11.5 Å². The lowest BCUT2D eigenvalue weighted by Gasteiger charge is -2.32. The molecule has 30 heavy (non-hydrogen) atoms. The van der Waals surface area contributed by atoms with Crippen LogP contribution in [0.3, 0.4) is 0 Å². The van der Waals surface area contributed by atoms with Gasteiger partial charge in [0, 0.05) is 25.6 Å². The van der Waals surface area contributed by atoms with Crippen LogP contribution in [-0.2, 0) is 16.0 Å². The molecule has 1 fully saturated rings. The SMILES string of the molecule is COc1cc(CCNC(=O)C2CCN(C(=O)OC(C)(C)C)CC2)ccc1OC(F)F. The molecular weight excluding hydrogens is 398 g/mol. The number of alkyl halides is 2. The quantitative estimate of drug-likeness (QED) is 0.718. The Morgan fingerprint density at radius 3 is 2.43 bits per heavy atom. The molecule has 0 aromatic heterocycles. The highest BCUT2D eigenvalue weighted by atomic mass is 19.3. The van der Waals surface area contributed by atoms with E-state index in [2.05, 4.69) is 10.1 Å². The maximum Gasteiger partial charge on any atom is 0.410 e. The van der Waals surface area contributed by atoms with Crippen molar-refractivity contribution in [1.82, 2.24) is 10.2 Å². The Kier molecular flexibility index (Phi) is 8.25. The lowest BCUT2D eigenvalue weighted by atomic mass is 9.96. The summed E-state index contributed by atoms with van der Waals surface area (Å²) in [6, 6.07) is 4.70. The molecule has 2 rings (SSSR count). The van der Waals surface area contributed by atoms with Crippen molar-refractivity contribution in [3.05, 3.63) is 23.8 Å². The van der Waals surface area contributed by atoms with Crippen LogP contribution >= 0.6 is 0 Å². The molecule has 0 aliphatic carbocycles. The first kappa shape index (κ1) is 23.7. The van der Waals surface area contributed by atoms with Crippen LogP contribution in [-0.4, -0.2) is 55.9 Å². The number of hydrogen-bond donors (Lipinski definition) is 1. The van der Waals surface area contributed by atoms with Crippen molar-refractivity contribution in [2.75, 3.05) is 26.7 Å². The zero-order chi connectivity index (χ0) is 22.3. The van der Waals surface area contributed by atoms with Gasteiger partial charge in [-0.3, -0.25) is 4.79 Å². The van der Waals surface area contributed by atoms with Gasteiger partial charge in [0.2, 0.25) is 5.91 Å². The summed E-state index contributed by atoms with van der Waals surface area (Å²) in [6.07, 6.45) is 1.33. The molecule has 0 spiro atoms. The van der Waals surface area contributed by atoms with Crippen molar-refractivity contribution >= 4 is 12.0 Å². The van der Waals surface area contributed by atoms with Gasteiger partial charge in [-0.2, -0.15) is 8.78 Å². The standard InChI is InChI=1S/C21H30F2N2O5/c1-21(2,3)30-20(27)25-11-8-15(9-12-25)18(26)24-10-7-14-5-6-16(29-19(22)23)17(13-14)28-4/h5-6,13,15,19H,7-12H2,1-4H3,(H,24,26). The maximum atomic E-state index is 12.4. The van der Waals surface area contributed by atoms with E-state index in [1.54, 1.807) is 17.0 Å². The normalized spacial score (nSPS) is 15.1. The van der Waals surface area contributed by atoms with Crippen LogP contribution in [0.5, 0.6) is 11.5 Å². The molecule has 1 heterocycles. The van der Waals surface area contributed by atoms with Crippen molar-refractivity contribution in [3.8, 4) is 11.5 Å². The molecule has 0 radical (unpaired) electrons. The first-order valence-electron chi connectivity index (χ1n) is 9.96. The molecule has 9 heteroatoms. The fourth-order valence-corrected chi connectivity index (χ4v) is 3.19. The first-order valence-corrected chi connectivity index (χ1v) is 9.96. The van der Waals surface area contributed by atoms with E-state index >= 15 is 0 Å². The summed E-state index contributed by atoms with van der Waals surface area (Å²) in [5.74, 6) is -0.0193. The van der Waals surface area contributed by atoms with Crippen molar-refractivity contribution in [1.29, 1.82) is 0 Å². The summed E-state index contributed by atoms with van der Waals surface area (Å²) in [4.78, 5) is 26.1. The second kappa shape index (κ2) is 10.4. The molecule has 0 atom stereocenters. The number of carbonyl (C=O) groups excluding carboxylic acids is 2. The monoisotopic (exact) mass is 428 g/mol. The second-order valence-corrected chi connectivity index (χ2v) is 8.15. The Morgan fingerprint density at radius 1 is 1.20 bits per heavy atom. The third-order valence-corrected chi connectivity index (χ3v) is 4.67. The van der Waals surface area contributed by atoms with Gasteiger partial charge in [-0.05, 0) is 57.7 Å². The fraction of sp³-hybridized carbons (Fsp3) is 0.619. The number of methoxy groups -OCH3 is 1. The number of ether oxygens (including phenoxy) is 3. The largest absolute Gasteiger partial charge is 0.493 e. The number of nitrogens with one attached hydrogen (secondary N) is 1. The number of amides is 2. The predicted octanol–water partition coefficient (Wildman–Crippen LogP) is 3.60. The molecule has 1 N–H and O–H groups in total. The molecule has 1 aliphatic heterocycles. The minimum Gasteiger partial charge on any atom is -0.493 e. The van der Waals surface area contributed by atoms with E-state index in [1.165, 1.54) is 13.2 Å². The molecule has 0 bridgehead atoms. The minimum atomic E-state index is -2.93. The van der Waals surface area contributed by atoms with E-state index in [9.17, 15) is 18.4 Å². The molecule has 2 amide bonds. The van der Waals surface area contributed by atoms with Crippen molar-refractivity contribution in [2.24, 2.45) is 5.92 Å². The molecule has 1 aromatic carbocycles. The van der Waals surface area contributed by atoms with Crippen molar-refractivity contribution in [3.63, 3.8) is 0 Å². The number of benzene rings is 1. The summed E-state index contributed by atoms with van der Waals surface area (Å²) < 4.78 is 39.6. The molecule has 7 nitrogen and oxygen atoms in total. The van der Waals surface area contributed by atoms with Crippen LogP contribution in [0.15, 0.2) is 18.2 Å². The van der Waals surface area contributed by atoms with Crippen molar-refractivity contribution < 1.29 is 32.6 Å². The van der Waals surface area contributed by atoms with E-state index in [0.29, 0.717) is 38.9 Å². The van der Waals surface area contributed by atoms with Crippen LogP contribution in [0.25, 0.3) is 0 Å². The van der Waals surface area contributed by atoms with Crippen LogP contribution < -0.4 is 14.8 Å². The number of piperidine rings is 1. The zero-order valence-corrected chi connectivity index (χ0v) is 17.9. The molecule has 0 unspecified atom stereocenters.